The third kappa shape index (κ3) is 3.41. The molecule has 6 heteroatoms. The number of carboxylic acids is 1. The predicted molar refractivity (Wildman–Crippen MR) is 56.3 cm³/mol. The third-order valence-corrected chi connectivity index (χ3v) is 1.67. The third-order valence-electron chi connectivity index (χ3n) is 1.67. The van der Waals surface area contributed by atoms with Gasteiger partial charge in [-0.3, -0.25) is 0 Å². The summed E-state index contributed by atoms with van der Waals surface area (Å²) in [4.78, 5) is 20.7. The molecule has 0 spiro atoms. The standard InChI is InChI=1S/C10H9FN2O3/c11-8-5-7(13-10(12)16)3-1-6(8)2-4-9(14)15/h1-5H,(H,14,15)(H3,12,13,16). The van der Waals surface area contributed by atoms with Crippen LogP contribution in [-0.4, -0.2) is 17.1 Å². The predicted octanol–water partition coefficient (Wildman–Crippen LogP) is 1.41. The molecule has 0 unspecified atom stereocenters. The van der Waals surface area contributed by atoms with E-state index in [0.29, 0.717) is 0 Å². The number of carbonyl (C=O) groups is 2. The Bertz CT molecular complexity index is 457. The average Bonchev–Trinajstić information content (AvgIpc) is 2.15. The minimum absolute atomic E-state index is 0.109. The number of benzene rings is 1. The van der Waals surface area contributed by atoms with Crippen LogP contribution >= 0.6 is 0 Å². The van der Waals surface area contributed by atoms with Crippen molar-refractivity contribution in [3.63, 3.8) is 0 Å². The summed E-state index contributed by atoms with van der Waals surface area (Å²) in [6.45, 7) is 0. The van der Waals surface area contributed by atoms with Gasteiger partial charge in [0.2, 0.25) is 0 Å². The average molecular weight is 224 g/mol. The maximum absolute atomic E-state index is 13.3. The van der Waals surface area contributed by atoms with Crippen molar-refractivity contribution in [2.24, 2.45) is 5.73 Å². The van der Waals surface area contributed by atoms with Gasteiger partial charge in [0.15, 0.2) is 0 Å². The first-order chi connectivity index (χ1) is 7.49. The lowest BCUT2D eigenvalue weighted by Gasteiger charge is -2.03. The van der Waals surface area contributed by atoms with Gasteiger partial charge in [-0.2, -0.15) is 0 Å². The van der Waals surface area contributed by atoms with Crippen molar-refractivity contribution in [2.45, 2.75) is 0 Å². The van der Waals surface area contributed by atoms with Crippen LogP contribution in [0, 0.1) is 5.82 Å². The van der Waals surface area contributed by atoms with Crippen molar-refractivity contribution in [1.82, 2.24) is 0 Å². The number of nitrogens with two attached hydrogens (primary N) is 1. The molecule has 0 bridgehead atoms. The number of halogens is 1. The van der Waals surface area contributed by atoms with Gasteiger partial charge in [0.1, 0.15) is 5.82 Å². The lowest BCUT2D eigenvalue weighted by molar-refractivity contribution is -0.131. The molecule has 4 N–H and O–H groups in total. The molecule has 84 valence electrons. The quantitative estimate of drug-likeness (QED) is 0.678. The number of anilines is 1. The van der Waals surface area contributed by atoms with Gasteiger partial charge in [-0.15, -0.1) is 0 Å². The van der Waals surface area contributed by atoms with Crippen LogP contribution in [-0.2, 0) is 4.79 Å². The van der Waals surface area contributed by atoms with Crippen LogP contribution in [0.3, 0.4) is 0 Å². The summed E-state index contributed by atoms with van der Waals surface area (Å²) in [5, 5.41) is 10.6. The van der Waals surface area contributed by atoms with Crippen LogP contribution in [0.4, 0.5) is 14.9 Å². The highest BCUT2D eigenvalue weighted by atomic mass is 19.1. The molecule has 0 aromatic heterocycles. The number of carbonyl (C=O) groups excluding carboxylic acids is 1. The maximum Gasteiger partial charge on any atom is 0.328 e. The van der Waals surface area contributed by atoms with E-state index in [1.54, 1.807) is 0 Å². The van der Waals surface area contributed by atoms with Crippen molar-refractivity contribution in [3.05, 3.63) is 35.7 Å². The van der Waals surface area contributed by atoms with E-state index in [4.69, 9.17) is 10.8 Å². The zero-order valence-electron chi connectivity index (χ0n) is 8.11. The lowest BCUT2D eigenvalue weighted by Crippen LogP contribution is -2.19. The highest BCUT2D eigenvalue weighted by Gasteiger charge is 2.02. The Kier molecular flexibility index (Phi) is 3.60. The first-order valence-electron chi connectivity index (χ1n) is 4.26. The molecule has 0 aliphatic carbocycles. The Hall–Kier alpha value is -2.37. The second kappa shape index (κ2) is 4.92. The monoisotopic (exact) mass is 224 g/mol. The molecular formula is C10H9FN2O3. The second-order valence-corrected chi connectivity index (χ2v) is 2.90. The highest BCUT2D eigenvalue weighted by Crippen LogP contribution is 2.15. The number of urea groups is 1. The maximum atomic E-state index is 13.3. The summed E-state index contributed by atoms with van der Waals surface area (Å²) >= 11 is 0. The molecule has 0 radical (unpaired) electrons. The zero-order chi connectivity index (χ0) is 12.1. The van der Waals surface area contributed by atoms with Crippen LogP contribution in [0.1, 0.15) is 5.56 Å². The first-order valence-corrected chi connectivity index (χ1v) is 4.26. The van der Waals surface area contributed by atoms with Crippen molar-refractivity contribution < 1.29 is 19.1 Å². The number of primary amides is 1. The minimum atomic E-state index is -1.17. The Morgan fingerprint density at radius 2 is 2.12 bits per heavy atom. The Morgan fingerprint density at radius 3 is 2.62 bits per heavy atom. The molecule has 5 nitrogen and oxygen atoms in total. The molecule has 0 fully saturated rings. The summed E-state index contributed by atoms with van der Waals surface area (Å²) in [6.07, 6.45) is 1.94. The topological polar surface area (TPSA) is 92.4 Å². The number of hydrogen-bond donors (Lipinski definition) is 3. The largest absolute Gasteiger partial charge is 0.478 e. The summed E-state index contributed by atoms with van der Waals surface area (Å²) in [5.74, 6) is -1.82. The van der Waals surface area contributed by atoms with Gasteiger partial charge in [-0.25, -0.2) is 14.0 Å². The highest BCUT2D eigenvalue weighted by molar-refractivity contribution is 5.88. The molecule has 2 amide bonds. The molecule has 1 aromatic carbocycles. The van der Waals surface area contributed by atoms with Gasteiger partial charge in [0.25, 0.3) is 0 Å². The smallest absolute Gasteiger partial charge is 0.328 e. The molecule has 0 atom stereocenters. The molecule has 0 saturated heterocycles. The second-order valence-electron chi connectivity index (χ2n) is 2.90. The summed E-state index contributed by atoms with van der Waals surface area (Å²) < 4.78 is 13.3. The minimum Gasteiger partial charge on any atom is -0.478 e. The van der Waals surface area contributed by atoms with E-state index >= 15 is 0 Å². The fourth-order valence-electron chi connectivity index (χ4n) is 1.04. The Labute approximate surface area is 90.4 Å². The van der Waals surface area contributed by atoms with Gasteiger partial charge in [0, 0.05) is 17.3 Å². The van der Waals surface area contributed by atoms with Gasteiger partial charge in [0.05, 0.1) is 0 Å². The van der Waals surface area contributed by atoms with E-state index < -0.39 is 17.8 Å². The molecule has 16 heavy (non-hydrogen) atoms. The summed E-state index contributed by atoms with van der Waals surface area (Å²) in [7, 11) is 0. The lowest BCUT2D eigenvalue weighted by atomic mass is 10.2. The van der Waals surface area contributed by atoms with Crippen LogP contribution in [0.25, 0.3) is 6.08 Å². The fourth-order valence-corrected chi connectivity index (χ4v) is 1.04. The molecule has 1 rings (SSSR count). The van der Waals surface area contributed by atoms with Crippen molar-refractivity contribution >= 4 is 23.8 Å². The molecule has 1 aromatic rings. The van der Waals surface area contributed by atoms with E-state index in [1.807, 2.05) is 0 Å². The van der Waals surface area contributed by atoms with E-state index in [2.05, 4.69) is 5.32 Å². The van der Waals surface area contributed by atoms with Gasteiger partial charge < -0.3 is 16.2 Å². The van der Waals surface area contributed by atoms with Crippen molar-refractivity contribution in [3.8, 4) is 0 Å². The van der Waals surface area contributed by atoms with Gasteiger partial charge >= 0.3 is 12.0 Å². The molecule has 0 saturated carbocycles. The van der Waals surface area contributed by atoms with Crippen molar-refractivity contribution in [1.29, 1.82) is 0 Å². The van der Waals surface area contributed by atoms with Crippen LogP contribution < -0.4 is 11.1 Å². The number of aliphatic carboxylic acids is 1. The SMILES string of the molecule is NC(=O)Nc1ccc(C=CC(=O)O)c(F)c1. The van der Waals surface area contributed by atoms with Crippen LogP contribution in [0.15, 0.2) is 24.3 Å². The fraction of sp³-hybridized carbons (Fsp3) is 0. The number of amides is 2. The first kappa shape index (κ1) is 11.7. The van der Waals surface area contributed by atoms with Gasteiger partial charge in [-0.1, -0.05) is 0 Å². The van der Waals surface area contributed by atoms with E-state index in [-0.39, 0.29) is 11.3 Å². The number of rotatable bonds is 3. The normalized spacial score (nSPS) is 10.3. The molecule has 0 heterocycles. The summed E-state index contributed by atoms with van der Waals surface area (Å²) in [5.41, 5.74) is 5.16. The Morgan fingerprint density at radius 1 is 1.44 bits per heavy atom. The molecular weight excluding hydrogens is 215 g/mol. The van der Waals surface area contributed by atoms with E-state index in [9.17, 15) is 14.0 Å². The van der Waals surface area contributed by atoms with Crippen LogP contribution in [0.5, 0.6) is 0 Å². The van der Waals surface area contributed by atoms with Crippen molar-refractivity contribution in [2.75, 3.05) is 5.32 Å². The number of hydrogen-bond acceptors (Lipinski definition) is 2. The summed E-state index contributed by atoms with van der Waals surface area (Å²) in [6, 6.07) is 3.00. The van der Waals surface area contributed by atoms with E-state index in [0.717, 1.165) is 18.2 Å². The zero-order valence-corrected chi connectivity index (χ0v) is 8.11. The number of carboxylic acid groups (broad SMARTS) is 1. The van der Waals surface area contributed by atoms with Crippen LogP contribution in [0.2, 0.25) is 0 Å². The Balaban J connectivity index is 2.91. The molecule has 0 aliphatic heterocycles. The number of nitrogens with one attached hydrogen (secondary N) is 1. The van der Waals surface area contributed by atoms with Gasteiger partial charge in [-0.05, 0) is 24.3 Å². The van der Waals surface area contributed by atoms with E-state index in [1.165, 1.54) is 12.1 Å². The molecule has 0 aliphatic rings.